The van der Waals surface area contributed by atoms with E-state index in [-0.39, 0.29) is 0 Å². The Balaban J connectivity index is 2.02. The number of benzene rings is 1. The fourth-order valence-corrected chi connectivity index (χ4v) is 2.28. The molecule has 3 rings (SSSR count). The van der Waals surface area contributed by atoms with Crippen LogP contribution >= 0.6 is 11.6 Å². The van der Waals surface area contributed by atoms with Gasteiger partial charge in [0.1, 0.15) is 5.15 Å². The minimum Gasteiger partial charge on any atom is -0.490 e. The van der Waals surface area contributed by atoms with Crippen molar-refractivity contribution in [2.45, 2.75) is 19.8 Å². The maximum atomic E-state index is 6.04. The summed E-state index contributed by atoms with van der Waals surface area (Å²) in [4.78, 5) is 8.79. The van der Waals surface area contributed by atoms with E-state index in [9.17, 15) is 0 Å². The van der Waals surface area contributed by atoms with Gasteiger partial charge in [0.05, 0.1) is 13.2 Å². The molecular weight excluding hydrogens is 276 g/mol. The van der Waals surface area contributed by atoms with Crippen molar-refractivity contribution in [1.82, 2.24) is 9.97 Å². The van der Waals surface area contributed by atoms with Crippen LogP contribution in [0.15, 0.2) is 24.3 Å². The lowest BCUT2D eigenvalue weighted by Gasteiger charge is -2.09. The molecule has 1 aromatic carbocycles. The van der Waals surface area contributed by atoms with E-state index in [1.807, 2.05) is 25.1 Å². The zero-order chi connectivity index (χ0) is 13.9. The monoisotopic (exact) mass is 290 g/mol. The van der Waals surface area contributed by atoms with Crippen LogP contribution < -0.4 is 9.47 Å². The summed E-state index contributed by atoms with van der Waals surface area (Å²) in [5.41, 5.74) is 1.80. The second kappa shape index (κ2) is 5.67. The van der Waals surface area contributed by atoms with Crippen LogP contribution in [-0.4, -0.2) is 23.2 Å². The van der Waals surface area contributed by atoms with Crippen molar-refractivity contribution >= 4 is 11.6 Å². The Labute approximate surface area is 122 Å². The third-order valence-corrected chi connectivity index (χ3v) is 3.31. The van der Waals surface area contributed by atoms with Gasteiger partial charge in [-0.25, -0.2) is 9.97 Å². The van der Waals surface area contributed by atoms with Crippen LogP contribution in [0.5, 0.6) is 11.5 Å². The maximum absolute atomic E-state index is 6.04. The summed E-state index contributed by atoms with van der Waals surface area (Å²) in [6, 6.07) is 7.52. The van der Waals surface area contributed by atoms with Crippen LogP contribution in [0.4, 0.5) is 0 Å². The van der Waals surface area contributed by atoms with E-state index in [0.29, 0.717) is 24.2 Å². The number of fused-ring (bicyclic) bond motifs is 1. The first-order chi connectivity index (χ1) is 9.76. The van der Waals surface area contributed by atoms with Crippen LogP contribution in [0.25, 0.3) is 11.4 Å². The Kier molecular flexibility index (Phi) is 3.74. The second-order valence-electron chi connectivity index (χ2n) is 4.57. The first-order valence-electron chi connectivity index (χ1n) is 6.70. The van der Waals surface area contributed by atoms with Gasteiger partial charge >= 0.3 is 0 Å². The lowest BCUT2D eigenvalue weighted by atomic mass is 10.2. The predicted octanol–water partition coefficient (Wildman–Crippen LogP) is 3.52. The SMILES string of the molecule is CCc1cc(Cl)nc(-c2ccc3c(c2)OCCCO3)n1. The number of halogens is 1. The molecule has 0 aliphatic carbocycles. The van der Waals surface area contributed by atoms with Crippen molar-refractivity contribution in [3.8, 4) is 22.9 Å². The van der Waals surface area contributed by atoms with Gasteiger partial charge in [-0.05, 0) is 30.7 Å². The number of ether oxygens (including phenoxy) is 2. The van der Waals surface area contributed by atoms with Gasteiger partial charge in [0, 0.05) is 17.7 Å². The number of hydrogen-bond donors (Lipinski definition) is 0. The summed E-state index contributed by atoms with van der Waals surface area (Å²) < 4.78 is 11.3. The van der Waals surface area contributed by atoms with Crippen molar-refractivity contribution in [3.63, 3.8) is 0 Å². The standard InChI is InChI=1S/C15H15ClN2O2/c1-2-11-9-14(16)18-15(17-11)10-4-5-12-13(8-10)20-7-3-6-19-12/h4-5,8-9H,2-3,6-7H2,1H3. The molecule has 0 N–H and O–H groups in total. The number of nitrogens with zero attached hydrogens (tertiary/aromatic N) is 2. The largest absolute Gasteiger partial charge is 0.490 e. The van der Waals surface area contributed by atoms with Crippen LogP contribution in [0.1, 0.15) is 19.0 Å². The fraction of sp³-hybridized carbons (Fsp3) is 0.333. The minimum atomic E-state index is 0.457. The molecule has 0 atom stereocenters. The van der Waals surface area contributed by atoms with Gasteiger partial charge < -0.3 is 9.47 Å². The highest BCUT2D eigenvalue weighted by Crippen LogP contribution is 2.33. The highest BCUT2D eigenvalue weighted by molar-refractivity contribution is 6.29. The molecule has 4 nitrogen and oxygen atoms in total. The van der Waals surface area contributed by atoms with E-state index in [2.05, 4.69) is 9.97 Å². The van der Waals surface area contributed by atoms with Gasteiger partial charge in [-0.1, -0.05) is 18.5 Å². The van der Waals surface area contributed by atoms with Crippen LogP contribution in [-0.2, 0) is 6.42 Å². The van der Waals surface area contributed by atoms with E-state index in [0.717, 1.165) is 35.6 Å². The van der Waals surface area contributed by atoms with E-state index in [1.54, 1.807) is 6.07 Å². The Hall–Kier alpha value is -1.81. The lowest BCUT2D eigenvalue weighted by molar-refractivity contribution is 0.297. The normalized spacial score (nSPS) is 13.9. The highest BCUT2D eigenvalue weighted by atomic mass is 35.5. The molecule has 0 saturated carbocycles. The van der Waals surface area contributed by atoms with Crippen molar-refractivity contribution in [2.24, 2.45) is 0 Å². The molecule has 0 amide bonds. The van der Waals surface area contributed by atoms with Crippen molar-refractivity contribution in [1.29, 1.82) is 0 Å². The Morgan fingerprint density at radius 1 is 1.10 bits per heavy atom. The number of hydrogen-bond acceptors (Lipinski definition) is 4. The van der Waals surface area contributed by atoms with Gasteiger partial charge in [0.15, 0.2) is 17.3 Å². The predicted molar refractivity (Wildman–Crippen MR) is 77.5 cm³/mol. The molecule has 1 aliphatic rings. The molecule has 0 fully saturated rings. The maximum Gasteiger partial charge on any atom is 0.161 e. The van der Waals surface area contributed by atoms with Crippen LogP contribution in [0.2, 0.25) is 5.15 Å². The molecule has 0 radical (unpaired) electrons. The average Bonchev–Trinajstić information content (AvgIpc) is 2.70. The first kappa shape index (κ1) is 13.2. The van der Waals surface area contributed by atoms with Crippen molar-refractivity contribution in [3.05, 3.63) is 35.1 Å². The Bertz CT molecular complexity index is 631. The summed E-state index contributed by atoms with van der Waals surface area (Å²) >= 11 is 6.04. The molecule has 0 unspecified atom stereocenters. The van der Waals surface area contributed by atoms with E-state index < -0.39 is 0 Å². The summed E-state index contributed by atoms with van der Waals surface area (Å²) in [7, 11) is 0. The third-order valence-electron chi connectivity index (χ3n) is 3.12. The first-order valence-corrected chi connectivity index (χ1v) is 7.07. The van der Waals surface area contributed by atoms with E-state index in [1.165, 1.54) is 0 Å². The van der Waals surface area contributed by atoms with Gasteiger partial charge in [-0.3, -0.25) is 0 Å². The molecule has 0 spiro atoms. The van der Waals surface area contributed by atoms with Crippen LogP contribution in [0, 0.1) is 0 Å². The minimum absolute atomic E-state index is 0.457. The molecule has 1 aromatic heterocycles. The smallest absolute Gasteiger partial charge is 0.161 e. The van der Waals surface area contributed by atoms with Crippen molar-refractivity contribution in [2.75, 3.05) is 13.2 Å². The summed E-state index contributed by atoms with van der Waals surface area (Å²) in [6.07, 6.45) is 1.71. The molecule has 1 aliphatic heterocycles. The van der Waals surface area contributed by atoms with Gasteiger partial charge in [-0.2, -0.15) is 0 Å². The zero-order valence-corrected chi connectivity index (χ0v) is 12.0. The fourth-order valence-electron chi connectivity index (χ4n) is 2.08. The molecular formula is C15H15ClN2O2. The molecule has 104 valence electrons. The molecule has 0 bridgehead atoms. The summed E-state index contributed by atoms with van der Waals surface area (Å²) in [5, 5.41) is 0.457. The molecule has 20 heavy (non-hydrogen) atoms. The van der Waals surface area contributed by atoms with E-state index in [4.69, 9.17) is 21.1 Å². The second-order valence-corrected chi connectivity index (χ2v) is 4.96. The van der Waals surface area contributed by atoms with Gasteiger partial charge in [-0.15, -0.1) is 0 Å². The Morgan fingerprint density at radius 2 is 1.90 bits per heavy atom. The topological polar surface area (TPSA) is 44.2 Å². The van der Waals surface area contributed by atoms with Crippen molar-refractivity contribution < 1.29 is 9.47 Å². The van der Waals surface area contributed by atoms with E-state index >= 15 is 0 Å². The number of aromatic nitrogens is 2. The van der Waals surface area contributed by atoms with Gasteiger partial charge in [0.2, 0.25) is 0 Å². The summed E-state index contributed by atoms with van der Waals surface area (Å²) in [5.74, 6) is 2.12. The molecule has 2 aromatic rings. The highest BCUT2D eigenvalue weighted by Gasteiger charge is 2.13. The molecule has 5 heteroatoms. The Morgan fingerprint density at radius 3 is 2.70 bits per heavy atom. The average molecular weight is 291 g/mol. The summed E-state index contributed by atoms with van der Waals surface area (Å²) in [6.45, 7) is 3.38. The zero-order valence-electron chi connectivity index (χ0n) is 11.2. The number of rotatable bonds is 2. The molecule has 0 saturated heterocycles. The van der Waals surface area contributed by atoms with Gasteiger partial charge in [0.25, 0.3) is 0 Å². The molecule has 2 heterocycles. The lowest BCUT2D eigenvalue weighted by Crippen LogP contribution is -1.97. The third kappa shape index (κ3) is 2.70. The quantitative estimate of drug-likeness (QED) is 0.794. The number of aryl methyl sites for hydroxylation is 1. The van der Waals surface area contributed by atoms with Crippen LogP contribution in [0.3, 0.4) is 0 Å².